The minimum atomic E-state index is -0.332. The van der Waals surface area contributed by atoms with Crippen LogP contribution in [0.2, 0.25) is 0 Å². The second-order valence-electron chi connectivity index (χ2n) is 4.87. The Kier molecular flexibility index (Phi) is 4.46. The Balaban J connectivity index is 1.50. The number of hydrogen-bond acceptors (Lipinski definition) is 5. The zero-order chi connectivity index (χ0) is 16.1. The van der Waals surface area contributed by atoms with E-state index in [4.69, 9.17) is 8.94 Å². The van der Waals surface area contributed by atoms with Gasteiger partial charge in [-0.05, 0) is 36.4 Å². The number of nitrogens with zero attached hydrogens (tertiary/aromatic N) is 2. The van der Waals surface area contributed by atoms with Gasteiger partial charge in [-0.1, -0.05) is 5.16 Å². The molecule has 0 atom stereocenters. The second kappa shape index (κ2) is 6.87. The molecule has 2 heterocycles. The van der Waals surface area contributed by atoms with Gasteiger partial charge in [0.1, 0.15) is 11.6 Å². The van der Waals surface area contributed by atoms with Crippen molar-refractivity contribution in [1.82, 2.24) is 15.5 Å². The first-order chi connectivity index (χ1) is 11.2. The third-order valence-electron chi connectivity index (χ3n) is 3.19. The predicted octanol–water partition coefficient (Wildman–Crippen LogP) is 2.72. The number of benzene rings is 1. The molecule has 0 saturated carbocycles. The molecule has 6 nitrogen and oxygen atoms in total. The van der Waals surface area contributed by atoms with E-state index in [2.05, 4.69) is 15.5 Å². The van der Waals surface area contributed by atoms with Crippen molar-refractivity contribution in [2.75, 3.05) is 0 Å². The maximum Gasteiger partial charge on any atom is 0.246 e. The van der Waals surface area contributed by atoms with Crippen LogP contribution in [0.15, 0.2) is 51.6 Å². The molecular weight excluding hydrogens is 301 g/mol. The van der Waals surface area contributed by atoms with Crippen molar-refractivity contribution in [2.45, 2.75) is 19.4 Å². The molecule has 3 aromatic rings. The molecule has 7 heteroatoms. The third kappa shape index (κ3) is 4.03. The van der Waals surface area contributed by atoms with Gasteiger partial charge in [0, 0.05) is 18.4 Å². The summed E-state index contributed by atoms with van der Waals surface area (Å²) in [6, 6.07) is 9.37. The lowest BCUT2D eigenvalue weighted by molar-refractivity contribution is -0.121. The van der Waals surface area contributed by atoms with Crippen molar-refractivity contribution in [3.05, 3.63) is 60.1 Å². The highest BCUT2D eigenvalue weighted by atomic mass is 19.1. The number of nitrogens with one attached hydrogen (secondary N) is 1. The summed E-state index contributed by atoms with van der Waals surface area (Å²) in [7, 11) is 0. The molecule has 0 bridgehead atoms. The van der Waals surface area contributed by atoms with Crippen LogP contribution in [0.1, 0.15) is 18.1 Å². The average Bonchev–Trinajstić information content (AvgIpc) is 3.23. The molecule has 0 aliphatic heterocycles. The van der Waals surface area contributed by atoms with Gasteiger partial charge in [0.2, 0.25) is 17.6 Å². The maximum absolute atomic E-state index is 12.9. The summed E-state index contributed by atoms with van der Waals surface area (Å²) in [6.45, 7) is 0.144. The Hall–Kier alpha value is -2.96. The second-order valence-corrected chi connectivity index (χ2v) is 4.87. The van der Waals surface area contributed by atoms with Crippen LogP contribution in [0.4, 0.5) is 4.39 Å². The van der Waals surface area contributed by atoms with Gasteiger partial charge in [0.05, 0.1) is 12.8 Å². The van der Waals surface area contributed by atoms with Gasteiger partial charge in [-0.2, -0.15) is 4.98 Å². The summed E-state index contributed by atoms with van der Waals surface area (Å²) in [4.78, 5) is 15.9. The Labute approximate surface area is 131 Å². The molecule has 2 aromatic heterocycles. The van der Waals surface area contributed by atoms with E-state index < -0.39 is 0 Å². The van der Waals surface area contributed by atoms with Crippen molar-refractivity contribution >= 4 is 5.91 Å². The summed E-state index contributed by atoms with van der Waals surface area (Å²) in [5.74, 6) is 0.932. The van der Waals surface area contributed by atoms with E-state index in [0.29, 0.717) is 24.2 Å². The number of halogens is 1. The number of hydrogen-bond donors (Lipinski definition) is 1. The Morgan fingerprint density at radius 3 is 2.78 bits per heavy atom. The number of aryl methyl sites for hydroxylation is 1. The third-order valence-corrected chi connectivity index (χ3v) is 3.19. The van der Waals surface area contributed by atoms with Crippen LogP contribution < -0.4 is 5.32 Å². The first-order valence-electron chi connectivity index (χ1n) is 7.08. The molecule has 1 aromatic carbocycles. The summed E-state index contributed by atoms with van der Waals surface area (Å²) < 4.78 is 23.1. The van der Waals surface area contributed by atoms with Gasteiger partial charge in [-0.15, -0.1) is 0 Å². The van der Waals surface area contributed by atoms with E-state index >= 15 is 0 Å². The largest absolute Gasteiger partial charge is 0.469 e. The van der Waals surface area contributed by atoms with Gasteiger partial charge in [0.15, 0.2) is 0 Å². The fourth-order valence-corrected chi connectivity index (χ4v) is 2.00. The quantitative estimate of drug-likeness (QED) is 0.756. The molecule has 1 N–H and O–H groups in total. The molecule has 23 heavy (non-hydrogen) atoms. The van der Waals surface area contributed by atoms with Gasteiger partial charge in [-0.3, -0.25) is 4.79 Å². The lowest BCUT2D eigenvalue weighted by atomic mass is 10.2. The normalized spacial score (nSPS) is 10.7. The molecule has 0 spiro atoms. The van der Waals surface area contributed by atoms with E-state index in [0.717, 1.165) is 5.76 Å². The summed E-state index contributed by atoms with van der Waals surface area (Å²) in [6.07, 6.45) is 2.42. The standard InChI is InChI=1S/C16H14FN3O3/c17-12-5-3-11(4-6-12)16-19-15(23-20-16)10-18-14(21)8-7-13-2-1-9-22-13/h1-6,9H,7-8,10H2,(H,18,21). The smallest absolute Gasteiger partial charge is 0.246 e. The predicted molar refractivity (Wildman–Crippen MR) is 78.6 cm³/mol. The highest BCUT2D eigenvalue weighted by Gasteiger charge is 2.10. The topological polar surface area (TPSA) is 81.2 Å². The first-order valence-corrected chi connectivity index (χ1v) is 7.08. The SMILES string of the molecule is O=C(CCc1ccco1)NCc1nc(-c2ccc(F)cc2)no1. The van der Waals surface area contributed by atoms with Gasteiger partial charge < -0.3 is 14.3 Å². The molecule has 3 rings (SSSR count). The van der Waals surface area contributed by atoms with Gasteiger partial charge >= 0.3 is 0 Å². The van der Waals surface area contributed by atoms with Gasteiger partial charge in [-0.25, -0.2) is 4.39 Å². The minimum absolute atomic E-state index is 0.136. The van der Waals surface area contributed by atoms with E-state index in [-0.39, 0.29) is 24.2 Å². The summed E-state index contributed by atoms with van der Waals surface area (Å²) in [5, 5.41) is 6.50. The van der Waals surface area contributed by atoms with Crippen molar-refractivity contribution in [2.24, 2.45) is 0 Å². The van der Waals surface area contributed by atoms with Crippen molar-refractivity contribution in [3.63, 3.8) is 0 Å². The van der Waals surface area contributed by atoms with Crippen LogP contribution in [-0.4, -0.2) is 16.0 Å². The maximum atomic E-state index is 12.9. The van der Waals surface area contributed by atoms with Gasteiger partial charge in [0.25, 0.3) is 0 Å². The number of carbonyl (C=O) groups excluding carboxylic acids is 1. The minimum Gasteiger partial charge on any atom is -0.469 e. The summed E-state index contributed by atoms with van der Waals surface area (Å²) in [5.41, 5.74) is 0.644. The lowest BCUT2D eigenvalue weighted by Gasteiger charge is -2.00. The molecule has 1 amide bonds. The zero-order valence-electron chi connectivity index (χ0n) is 12.2. The molecule has 0 aliphatic carbocycles. The van der Waals surface area contributed by atoms with Crippen LogP contribution >= 0.6 is 0 Å². The molecule has 118 valence electrons. The summed E-state index contributed by atoms with van der Waals surface area (Å²) >= 11 is 0. The van der Waals surface area contributed by atoms with E-state index in [9.17, 15) is 9.18 Å². The Bertz CT molecular complexity index is 766. The molecule has 0 fully saturated rings. The molecule has 0 unspecified atom stereocenters. The van der Waals surface area contributed by atoms with Crippen LogP contribution in [0.3, 0.4) is 0 Å². The number of furan rings is 1. The first kappa shape index (κ1) is 15.0. The lowest BCUT2D eigenvalue weighted by Crippen LogP contribution is -2.23. The Morgan fingerprint density at radius 2 is 2.04 bits per heavy atom. The van der Waals surface area contributed by atoms with E-state index in [1.165, 1.54) is 12.1 Å². The van der Waals surface area contributed by atoms with Crippen LogP contribution in [0, 0.1) is 5.82 Å². The van der Waals surface area contributed by atoms with Crippen molar-refractivity contribution < 1.29 is 18.1 Å². The van der Waals surface area contributed by atoms with Crippen LogP contribution in [-0.2, 0) is 17.8 Å². The molecular formula is C16H14FN3O3. The van der Waals surface area contributed by atoms with Crippen LogP contribution in [0.25, 0.3) is 11.4 Å². The highest BCUT2D eigenvalue weighted by molar-refractivity contribution is 5.75. The molecule has 0 radical (unpaired) electrons. The monoisotopic (exact) mass is 315 g/mol. The van der Waals surface area contributed by atoms with E-state index in [1.54, 1.807) is 24.5 Å². The average molecular weight is 315 g/mol. The molecule has 0 aliphatic rings. The Morgan fingerprint density at radius 1 is 1.22 bits per heavy atom. The number of rotatable bonds is 6. The number of amides is 1. The van der Waals surface area contributed by atoms with Crippen molar-refractivity contribution in [3.8, 4) is 11.4 Å². The fourth-order valence-electron chi connectivity index (χ4n) is 2.00. The molecule has 0 saturated heterocycles. The van der Waals surface area contributed by atoms with E-state index in [1.807, 2.05) is 6.07 Å². The van der Waals surface area contributed by atoms with Crippen LogP contribution in [0.5, 0.6) is 0 Å². The fraction of sp³-hybridized carbons (Fsp3) is 0.188. The zero-order valence-corrected chi connectivity index (χ0v) is 12.2. The highest BCUT2D eigenvalue weighted by Crippen LogP contribution is 2.16. The number of aromatic nitrogens is 2. The van der Waals surface area contributed by atoms with Crippen molar-refractivity contribution in [1.29, 1.82) is 0 Å². The number of carbonyl (C=O) groups is 1.